The number of fused-ring (bicyclic) bond motifs is 1. The highest BCUT2D eigenvalue weighted by Crippen LogP contribution is 2.30. The lowest BCUT2D eigenvalue weighted by Crippen LogP contribution is -2.61. The van der Waals surface area contributed by atoms with E-state index in [-0.39, 0.29) is 18.0 Å². The third-order valence-corrected chi connectivity index (χ3v) is 4.68. The van der Waals surface area contributed by atoms with Crippen molar-refractivity contribution in [3.8, 4) is 0 Å². The van der Waals surface area contributed by atoms with Crippen molar-refractivity contribution >= 4 is 22.8 Å². The minimum Gasteiger partial charge on any atom is -0.394 e. The fraction of sp³-hybridized carbons (Fsp3) is 0.444. The molecule has 0 spiro atoms. The van der Waals surface area contributed by atoms with Gasteiger partial charge in [0.2, 0.25) is 0 Å². The minimum atomic E-state index is -1.45. The van der Waals surface area contributed by atoms with Crippen molar-refractivity contribution < 1.29 is 34.8 Å². The largest absolute Gasteiger partial charge is 0.394 e. The van der Waals surface area contributed by atoms with Gasteiger partial charge >= 0.3 is 0 Å². The van der Waals surface area contributed by atoms with Gasteiger partial charge < -0.3 is 30.5 Å². The van der Waals surface area contributed by atoms with Crippen LogP contribution in [0.5, 0.6) is 0 Å². The zero-order valence-electron chi connectivity index (χ0n) is 14.1. The normalized spacial score (nSPS) is 31.2. The first-order valence-corrected chi connectivity index (χ1v) is 8.27. The zero-order chi connectivity index (χ0) is 19.0. The van der Waals surface area contributed by atoms with Crippen LogP contribution in [0.4, 0.5) is 5.69 Å². The molecule has 3 rings (SSSR count). The lowest BCUT2D eigenvalue weighted by molar-refractivity contribution is -0.245. The van der Waals surface area contributed by atoms with Gasteiger partial charge in [-0.25, -0.2) is 0 Å². The lowest BCUT2D eigenvalue weighted by atomic mass is 9.88. The Morgan fingerprint density at radius 1 is 1.27 bits per heavy atom. The second kappa shape index (κ2) is 7.26. The number of anilines is 1. The molecular formula is C18H21NO7. The number of Topliss-reactive ketones (excluding diaryl/α,β-unsaturated/α-hetero) is 1. The number of aliphatic hydroxyl groups is 4. The number of carbonyl (C=O) groups excluding carboxylic acids is 2. The van der Waals surface area contributed by atoms with Crippen LogP contribution in [0.3, 0.4) is 0 Å². The molecule has 2 aliphatic rings. The molecule has 0 amide bonds. The average molecular weight is 363 g/mol. The highest BCUT2D eigenvalue weighted by molar-refractivity contribution is 6.25. The first-order valence-electron chi connectivity index (χ1n) is 8.27. The molecular weight excluding hydrogens is 342 g/mol. The first kappa shape index (κ1) is 18.7. The predicted molar refractivity (Wildman–Crippen MR) is 91.2 cm³/mol. The number of ether oxygens (including phenoxy) is 1. The lowest BCUT2D eigenvalue weighted by Gasteiger charge is -2.40. The van der Waals surface area contributed by atoms with E-state index in [1.165, 1.54) is 13.0 Å². The summed E-state index contributed by atoms with van der Waals surface area (Å²) in [5, 5.41) is 42.2. The van der Waals surface area contributed by atoms with E-state index in [1.54, 1.807) is 18.2 Å². The summed E-state index contributed by atoms with van der Waals surface area (Å²) in [6.07, 6.45) is -3.79. The molecule has 140 valence electrons. The third kappa shape index (κ3) is 3.42. The van der Waals surface area contributed by atoms with Crippen molar-refractivity contribution in [1.29, 1.82) is 0 Å². The number of carbonyl (C=O) groups is 2. The fourth-order valence-electron chi connectivity index (χ4n) is 3.31. The zero-order valence-corrected chi connectivity index (χ0v) is 14.1. The molecule has 1 heterocycles. The van der Waals surface area contributed by atoms with Crippen molar-refractivity contribution in [3.63, 3.8) is 0 Å². The summed E-state index contributed by atoms with van der Waals surface area (Å²) >= 11 is 0. The molecule has 1 aromatic carbocycles. The van der Waals surface area contributed by atoms with Crippen molar-refractivity contribution in [1.82, 2.24) is 0 Å². The maximum atomic E-state index is 11.9. The van der Waals surface area contributed by atoms with Gasteiger partial charge in [0.15, 0.2) is 17.9 Å². The molecule has 8 nitrogen and oxygen atoms in total. The van der Waals surface area contributed by atoms with Crippen molar-refractivity contribution in [2.24, 2.45) is 0 Å². The quantitative estimate of drug-likeness (QED) is 0.459. The Morgan fingerprint density at radius 2 is 2.00 bits per heavy atom. The van der Waals surface area contributed by atoms with Crippen molar-refractivity contribution in [2.45, 2.75) is 44.0 Å². The summed E-state index contributed by atoms with van der Waals surface area (Å²) < 4.78 is 5.11. The molecule has 5 atom stereocenters. The van der Waals surface area contributed by atoms with Gasteiger partial charge in [-0.2, -0.15) is 0 Å². The monoisotopic (exact) mass is 363 g/mol. The summed E-state index contributed by atoms with van der Waals surface area (Å²) in [7, 11) is 0. The standard InChI is InChI=1S/C18H21NO7/c1-8(21)13-6-11(22)5-9-4-10(2-3-12(9)13)19-15-17(24)16(23)14(7-20)26-18(15)25/h2-4,6,14-20,23-25H,5,7H2,1H3/t14?,15?,16-,17-,18?/m1/s1. The van der Waals surface area contributed by atoms with Gasteiger partial charge in [-0.15, -0.1) is 0 Å². The van der Waals surface area contributed by atoms with E-state index < -0.39 is 37.3 Å². The van der Waals surface area contributed by atoms with Gasteiger partial charge in [0.05, 0.1) is 6.61 Å². The van der Waals surface area contributed by atoms with E-state index in [4.69, 9.17) is 9.84 Å². The fourth-order valence-corrected chi connectivity index (χ4v) is 3.31. The Bertz CT molecular complexity index is 760. The second-order valence-corrected chi connectivity index (χ2v) is 6.53. The predicted octanol–water partition coefficient (Wildman–Crippen LogP) is -1.00. The molecule has 0 radical (unpaired) electrons. The number of rotatable bonds is 4. The van der Waals surface area contributed by atoms with Crippen LogP contribution < -0.4 is 5.32 Å². The van der Waals surface area contributed by atoms with Crippen LogP contribution in [-0.2, 0) is 20.7 Å². The summed E-state index contributed by atoms with van der Waals surface area (Å²) in [6, 6.07) is 3.96. The smallest absolute Gasteiger partial charge is 0.178 e. The van der Waals surface area contributed by atoms with Crippen LogP contribution in [0.2, 0.25) is 0 Å². The summed E-state index contributed by atoms with van der Waals surface area (Å²) in [4.78, 5) is 23.6. The van der Waals surface area contributed by atoms with E-state index in [1.807, 2.05) is 0 Å². The number of nitrogens with one attached hydrogen (secondary N) is 1. The third-order valence-electron chi connectivity index (χ3n) is 4.68. The van der Waals surface area contributed by atoms with Crippen LogP contribution in [0, 0.1) is 0 Å². The van der Waals surface area contributed by atoms with E-state index >= 15 is 0 Å². The van der Waals surface area contributed by atoms with E-state index in [0.29, 0.717) is 22.4 Å². The Kier molecular flexibility index (Phi) is 5.22. The van der Waals surface area contributed by atoms with Crippen LogP contribution in [0.1, 0.15) is 18.1 Å². The van der Waals surface area contributed by atoms with Crippen LogP contribution in [0.15, 0.2) is 24.3 Å². The van der Waals surface area contributed by atoms with Crippen LogP contribution in [-0.4, -0.2) is 69.2 Å². The maximum absolute atomic E-state index is 11.9. The number of ketones is 2. The molecule has 5 N–H and O–H groups in total. The van der Waals surface area contributed by atoms with Crippen LogP contribution in [0.25, 0.3) is 5.57 Å². The highest BCUT2D eigenvalue weighted by atomic mass is 16.6. The molecule has 1 aromatic rings. The van der Waals surface area contributed by atoms with Crippen molar-refractivity contribution in [3.05, 3.63) is 35.4 Å². The Morgan fingerprint density at radius 3 is 2.65 bits per heavy atom. The summed E-state index contributed by atoms with van der Waals surface area (Å²) in [5.41, 5.74) is 2.17. The molecule has 1 saturated heterocycles. The second-order valence-electron chi connectivity index (χ2n) is 6.53. The summed E-state index contributed by atoms with van der Waals surface area (Å²) in [6.45, 7) is 0.856. The Labute approximate surface area is 149 Å². The van der Waals surface area contributed by atoms with Gasteiger partial charge in [-0.05, 0) is 36.3 Å². The van der Waals surface area contributed by atoms with E-state index in [2.05, 4.69) is 5.32 Å². The van der Waals surface area contributed by atoms with Crippen LogP contribution >= 0.6 is 0 Å². The highest BCUT2D eigenvalue weighted by Gasteiger charge is 2.43. The molecule has 26 heavy (non-hydrogen) atoms. The molecule has 1 aliphatic carbocycles. The molecule has 3 unspecified atom stereocenters. The molecule has 1 aliphatic heterocycles. The van der Waals surface area contributed by atoms with Gasteiger partial charge in [0.25, 0.3) is 0 Å². The Hall–Kier alpha value is -2.10. The van der Waals surface area contributed by atoms with E-state index in [9.17, 15) is 24.9 Å². The van der Waals surface area contributed by atoms with E-state index in [0.717, 1.165) is 0 Å². The molecule has 8 heteroatoms. The number of hydrogen-bond donors (Lipinski definition) is 5. The SMILES string of the molecule is CC(=O)C1=CC(=O)Cc2cc(NC3C(O)OC(CO)[C@@H](O)[C@@H]3O)ccc21. The topological polar surface area (TPSA) is 136 Å². The molecule has 0 bridgehead atoms. The molecule has 0 saturated carbocycles. The first-order chi connectivity index (χ1) is 12.3. The summed E-state index contributed by atoms with van der Waals surface area (Å²) in [5.74, 6) is -0.383. The van der Waals surface area contributed by atoms with Gasteiger partial charge in [-0.3, -0.25) is 9.59 Å². The number of benzene rings is 1. The number of hydrogen-bond acceptors (Lipinski definition) is 8. The van der Waals surface area contributed by atoms with Crippen molar-refractivity contribution in [2.75, 3.05) is 11.9 Å². The average Bonchev–Trinajstić information content (AvgIpc) is 2.60. The number of aliphatic hydroxyl groups excluding tert-OH is 4. The number of allylic oxidation sites excluding steroid dienone is 2. The van der Waals surface area contributed by atoms with Gasteiger partial charge in [0.1, 0.15) is 24.4 Å². The molecule has 0 aromatic heterocycles. The van der Waals surface area contributed by atoms with Gasteiger partial charge in [0, 0.05) is 17.7 Å². The Balaban J connectivity index is 1.84. The maximum Gasteiger partial charge on any atom is 0.178 e. The van der Waals surface area contributed by atoms with Gasteiger partial charge in [-0.1, -0.05) is 6.07 Å². The molecule has 1 fully saturated rings. The minimum absolute atomic E-state index is 0.142.